The van der Waals surface area contributed by atoms with Gasteiger partial charge in [0.1, 0.15) is 0 Å². The molecule has 1 aliphatic rings. The molecule has 2 nitrogen and oxygen atoms in total. The second kappa shape index (κ2) is 4.04. The van der Waals surface area contributed by atoms with E-state index in [1.165, 1.54) is 0 Å². The molecule has 1 fully saturated rings. The summed E-state index contributed by atoms with van der Waals surface area (Å²) in [7, 11) is 0. The highest BCUT2D eigenvalue weighted by Gasteiger charge is 2.09. The predicted octanol–water partition coefficient (Wildman–Crippen LogP) is 1.31. The van der Waals surface area contributed by atoms with Crippen molar-refractivity contribution in [2.75, 3.05) is 19.8 Å². The summed E-state index contributed by atoms with van der Waals surface area (Å²) >= 11 is 3.17. The topological polar surface area (TPSA) is 18.5 Å². The van der Waals surface area contributed by atoms with E-state index in [0.29, 0.717) is 13.2 Å². The van der Waals surface area contributed by atoms with Gasteiger partial charge in [-0.3, -0.25) is 0 Å². The van der Waals surface area contributed by atoms with E-state index in [0.717, 1.165) is 6.61 Å². The zero-order chi connectivity index (χ0) is 6.53. The highest BCUT2D eigenvalue weighted by Crippen LogP contribution is 2.02. The highest BCUT2D eigenvalue weighted by atomic mass is 79.9. The summed E-state index contributed by atoms with van der Waals surface area (Å²) in [6.07, 6.45) is 2.08. The number of hydrogen-bond donors (Lipinski definition) is 0. The fraction of sp³-hybridized carbons (Fsp3) is 0.667. The Morgan fingerprint density at radius 3 is 2.89 bits per heavy atom. The summed E-state index contributed by atoms with van der Waals surface area (Å²) in [6, 6.07) is 0. The minimum atomic E-state index is 0.151. The molecule has 0 aliphatic carbocycles. The molecule has 0 bridgehead atoms. The van der Waals surface area contributed by atoms with Gasteiger partial charge in [-0.15, -0.1) is 0 Å². The van der Waals surface area contributed by atoms with Crippen LogP contribution < -0.4 is 0 Å². The quantitative estimate of drug-likeness (QED) is 0.625. The minimum Gasteiger partial charge on any atom is -0.376 e. The Kier molecular flexibility index (Phi) is 3.25. The van der Waals surface area contributed by atoms with Gasteiger partial charge in [-0.25, -0.2) is 0 Å². The van der Waals surface area contributed by atoms with Crippen LogP contribution in [0.5, 0.6) is 0 Å². The fourth-order valence-electron chi connectivity index (χ4n) is 0.698. The van der Waals surface area contributed by atoms with Crippen molar-refractivity contribution in [3.63, 3.8) is 0 Å². The molecule has 9 heavy (non-hydrogen) atoms. The molecular weight excluding hydrogens is 184 g/mol. The van der Waals surface area contributed by atoms with Crippen LogP contribution in [-0.2, 0) is 9.47 Å². The summed E-state index contributed by atoms with van der Waals surface area (Å²) in [6.45, 7) is 2.12. The number of halogens is 1. The summed E-state index contributed by atoms with van der Waals surface area (Å²) in [5.41, 5.74) is 0. The van der Waals surface area contributed by atoms with Gasteiger partial charge in [0.15, 0.2) is 0 Å². The number of rotatable bonds is 1. The molecule has 1 rings (SSSR count). The molecule has 1 aliphatic heterocycles. The molecule has 3 heteroatoms. The Labute approximate surface area is 63.0 Å². The van der Waals surface area contributed by atoms with E-state index in [9.17, 15) is 0 Å². The van der Waals surface area contributed by atoms with Gasteiger partial charge < -0.3 is 9.47 Å². The molecule has 0 aromatic rings. The Morgan fingerprint density at radius 2 is 2.33 bits per heavy atom. The molecule has 0 amide bonds. The molecule has 1 saturated heterocycles. The lowest BCUT2D eigenvalue weighted by Gasteiger charge is -2.19. The smallest absolute Gasteiger partial charge is 0.0998 e. The van der Waals surface area contributed by atoms with Gasteiger partial charge in [0.2, 0.25) is 0 Å². The molecule has 52 valence electrons. The molecule has 0 aromatic carbocycles. The third-order valence-corrected chi connectivity index (χ3v) is 1.43. The zero-order valence-electron chi connectivity index (χ0n) is 5.05. The molecule has 0 spiro atoms. The minimum absolute atomic E-state index is 0.151. The first-order chi connectivity index (χ1) is 4.43. The van der Waals surface area contributed by atoms with Crippen molar-refractivity contribution in [1.29, 1.82) is 0 Å². The van der Waals surface area contributed by atoms with Crippen molar-refractivity contribution in [1.82, 2.24) is 0 Å². The normalized spacial score (nSPS) is 29.2. The van der Waals surface area contributed by atoms with Crippen LogP contribution in [-0.4, -0.2) is 25.9 Å². The van der Waals surface area contributed by atoms with E-state index in [4.69, 9.17) is 9.47 Å². The average Bonchev–Trinajstić information content (AvgIpc) is 1.91. The van der Waals surface area contributed by atoms with Gasteiger partial charge in [-0.05, 0) is 11.1 Å². The first-order valence-corrected chi connectivity index (χ1v) is 3.81. The predicted molar refractivity (Wildman–Crippen MR) is 38.6 cm³/mol. The van der Waals surface area contributed by atoms with Crippen LogP contribution in [0.25, 0.3) is 0 Å². The zero-order valence-corrected chi connectivity index (χ0v) is 6.63. The Morgan fingerprint density at radius 1 is 1.44 bits per heavy atom. The SMILES string of the molecule is BrC=CC1COCCO1. The summed E-state index contributed by atoms with van der Waals surface area (Å²) in [5, 5.41) is 0. The molecule has 1 atom stereocenters. The Balaban J connectivity index is 2.23. The van der Waals surface area contributed by atoms with Crippen LogP contribution in [0.1, 0.15) is 0 Å². The third kappa shape index (κ3) is 2.47. The molecule has 0 radical (unpaired) electrons. The fourth-order valence-corrected chi connectivity index (χ4v) is 1.04. The maximum Gasteiger partial charge on any atom is 0.0998 e. The van der Waals surface area contributed by atoms with E-state index < -0.39 is 0 Å². The second-order valence-corrected chi connectivity index (χ2v) is 2.33. The van der Waals surface area contributed by atoms with Crippen molar-refractivity contribution >= 4 is 15.9 Å². The van der Waals surface area contributed by atoms with Gasteiger partial charge in [0.05, 0.1) is 25.9 Å². The first-order valence-electron chi connectivity index (χ1n) is 2.89. The van der Waals surface area contributed by atoms with Crippen LogP contribution in [0.4, 0.5) is 0 Å². The van der Waals surface area contributed by atoms with Gasteiger partial charge in [-0.1, -0.05) is 15.9 Å². The van der Waals surface area contributed by atoms with Gasteiger partial charge in [0, 0.05) is 0 Å². The molecule has 1 unspecified atom stereocenters. The number of hydrogen-bond acceptors (Lipinski definition) is 2. The largest absolute Gasteiger partial charge is 0.376 e. The molecule has 0 N–H and O–H groups in total. The summed E-state index contributed by atoms with van der Waals surface area (Å²) in [4.78, 5) is 1.80. The maximum atomic E-state index is 5.28. The molecule has 0 aromatic heterocycles. The van der Waals surface area contributed by atoms with E-state index >= 15 is 0 Å². The standard InChI is InChI=1S/C6H9BrO2/c7-2-1-6-5-8-3-4-9-6/h1-2,6H,3-5H2. The highest BCUT2D eigenvalue weighted by molar-refractivity contribution is 9.11. The van der Waals surface area contributed by atoms with Gasteiger partial charge in [0.25, 0.3) is 0 Å². The van der Waals surface area contributed by atoms with Crippen molar-refractivity contribution < 1.29 is 9.47 Å². The van der Waals surface area contributed by atoms with Crippen molar-refractivity contribution in [2.45, 2.75) is 6.10 Å². The van der Waals surface area contributed by atoms with Crippen molar-refractivity contribution in [3.05, 3.63) is 11.1 Å². The Bertz CT molecular complexity index is 97.2. The second-order valence-electron chi connectivity index (χ2n) is 1.80. The Hall–Kier alpha value is 0.140. The lowest BCUT2D eigenvalue weighted by atomic mass is 10.3. The van der Waals surface area contributed by atoms with E-state index in [1.54, 1.807) is 4.99 Å². The lowest BCUT2D eigenvalue weighted by Crippen LogP contribution is -2.26. The van der Waals surface area contributed by atoms with Crippen LogP contribution in [0.3, 0.4) is 0 Å². The van der Waals surface area contributed by atoms with Crippen LogP contribution in [0.2, 0.25) is 0 Å². The third-order valence-electron chi connectivity index (χ3n) is 1.13. The molecule has 1 heterocycles. The lowest BCUT2D eigenvalue weighted by molar-refractivity contribution is -0.0674. The van der Waals surface area contributed by atoms with Crippen LogP contribution in [0.15, 0.2) is 11.1 Å². The maximum absolute atomic E-state index is 5.28. The summed E-state index contributed by atoms with van der Waals surface area (Å²) in [5.74, 6) is 0. The van der Waals surface area contributed by atoms with E-state index in [-0.39, 0.29) is 6.10 Å². The molecule has 0 saturated carbocycles. The van der Waals surface area contributed by atoms with Gasteiger partial charge >= 0.3 is 0 Å². The van der Waals surface area contributed by atoms with Gasteiger partial charge in [-0.2, -0.15) is 0 Å². The first kappa shape index (κ1) is 7.25. The molecular formula is C6H9BrO2. The monoisotopic (exact) mass is 192 g/mol. The van der Waals surface area contributed by atoms with Crippen molar-refractivity contribution in [3.8, 4) is 0 Å². The summed E-state index contributed by atoms with van der Waals surface area (Å²) < 4.78 is 10.4. The van der Waals surface area contributed by atoms with Crippen LogP contribution in [0, 0.1) is 0 Å². The average molecular weight is 193 g/mol. The van der Waals surface area contributed by atoms with E-state index in [2.05, 4.69) is 15.9 Å². The van der Waals surface area contributed by atoms with Crippen LogP contribution >= 0.6 is 15.9 Å². The van der Waals surface area contributed by atoms with Crippen molar-refractivity contribution in [2.24, 2.45) is 0 Å². The number of ether oxygens (including phenoxy) is 2. The van der Waals surface area contributed by atoms with E-state index in [1.807, 2.05) is 6.08 Å².